The molecule has 0 fully saturated rings. The molecule has 1 aromatic carbocycles. The predicted octanol–water partition coefficient (Wildman–Crippen LogP) is 2.04. The summed E-state index contributed by atoms with van der Waals surface area (Å²) >= 11 is 0. The third-order valence-electron chi connectivity index (χ3n) is 2.47. The molecule has 0 aliphatic heterocycles. The summed E-state index contributed by atoms with van der Waals surface area (Å²) in [5.74, 6) is 0.513. The maximum Gasteiger partial charge on any atom is 0.262 e. The molecule has 0 aliphatic rings. The number of aryl methyl sites for hydroxylation is 2. The maximum absolute atomic E-state index is 11.6. The van der Waals surface area contributed by atoms with E-state index in [1.807, 2.05) is 32.0 Å². The Morgan fingerprint density at radius 3 is 2.94 bits per heavy atom. The highest BCUT2D eigenvalue weighted by Gasteiger charge is 2.05. The Morgan fingerprint density at radius 1 is 1.44 bits per heavy atom. The van der Waals surface area contributed by atoms with Crippen LogP contribution in [-0.4, -0.2) is 22.7 Å². The molecule has 2 N–H and O–H groups in total. The predicted molar refractivity (Wildman–Crippen MR) is 68.6 cm³/mol. The van der Waals surface area contributed by atoms with Crippen molar-refractivity contribution in [2.75, 3.05) is 11.9 Å². The highest BCUT2D eigenvalue weighted by atomic mass is 16.5. The number of hydrogen-bond acceptors (Lipinski definition) is 3. The van der Waals surface area contributed by atoms with E-state index in [9.17, 15) is 4.79 Å². The first-order valence-electron chi connectivity index (χ1n) is 5.64. The van der Waals surface area contributed by atoms with Gasteiger partial charge in [0.1, 0.15) is 5.75 Å². The third-order valence-corrected chi connectivity index (χ3v) is 2.47. The van der Waals surface area contributed by atoms with Gasteiger partial charge in [0.2, 0.25) is 0 Å². The van der Waals surface area contributed by atoms with Crippen LogP contribution >= 0.6 is 0 Å². The molecule has 1 aromatic heterocycles. The topological polar surface area (TPSA) is 67.0 Å². The number of aromatic nitrogens is 2. The van der Waals surface area contributed by atoms with Gasteiger partial charge in [-0.15, -0.1) is 0 Å². The van der Waals surface area contributed by atoms with Gasteiger partial charge in [-0.05, 0) is 25.5 Å². The molecule has 0 bridgehead atoms. The van der Waals surface area contributed by atoms with Crippen LogP contribution in [-0.2, 0) is 4.79 Å². The molecule has 1 heterocycles. The Bertz CT molecular complexity index is 535. The second-order valence-corrected chi connectivity index (χ2v) is 4.09. The minimum absolute atomic E-state index is 0.0188. The fourth-order valence-corrected chi connectivity index (χ4v) is 1.62. The molecule has 2 rings (SSSR count). The van der Waals surface area contributed by atoms with Gasteiger partial charge in [0.25, 0.3) is 5.91 Å². The summed E-state index contributed by atoms with van der Waals surface area (Å²) in [6, 6.07) is 5.84. The number of rotatable bonds is 4. The number of carbonyl (C=O) groups is 1. The Labute approximate surface area is 105 Å². The molecule has 0 atom stereocenters. The van der Waals surface area contributed by atoms with Crippen LogP contribution in [0.1, 0.15) is 11.1 Å². The monoisotopic (exact) mass is 245 g/mol. The van der Waals surface area contributed by atoms with E-state index in [1.165, 1.54) is 11.8 Å². The molecule has 2 aromatic rings. The fourth-order valence-electron chi connectivity index (χ4n) is 1.62. The van der Waals surface area contributed by atoms with Crippen molar-refractivity contribution in [2.45, 2.75) is 13.8 Å². The Hall–Kier alpha value is -2.30. The van der Waals surface area contributed by atoms with Gasteiger partial charge >= 0.3 is 0 Å². The first-order valence-corrected chi connectivity index (χ1v) is 5.64. The zero-order chi connectivity index (χ0) is 13.0. The van der Waals surface area contributed by atoms with Gasteiger partial charge in [0.15, 0.2) is 6.61 Å². The van der Waals surface area contributed by atoms with Gasteiger partial charge in [-0.2, -0.15) is 5.10 Å². The number of H-pyrrole nitrogens is 1. The van der Waals surface area contributed by atoms with Crippen molar-refractivity contribution < 1.29 is 9.53 Å². The number of aromatic amines is 1. The number of amides is 1. The number of anilines is 1. The largest absolute Gasteiger partial charge is 0.483 e. The van der Waals surface area contributed by atoms with Crippen LogP contribution in [0.25, 0.3) is 0 Å². The van der Waals surface area contributed by atoms with E-state index in [0.717, 1.165) is 11.3 Å². The first-order chi connectivity index (χ1) is 8.65. The number of hydrogen-bond donors (Lipinski definition) is 2. The lowest BCUT2D eigenvalue weighted by molar-refractivity contribution is -0.118. The molecule has 0 saturated heterocycles. The highest BCUT2D eigenvalue weighted by molar-refractivity contribution is 5.91. The molecule has 94 valence electrons. The van der Waals surface area contributed by atoms with Crippen LogP contribution in [0.4, 0.5) is 5.69 Å². The van der Waals surface area contributed by atoms with Crippen LogP contribution in [0.15, 0.2) is 30.6 Å². The highest BCUT2D eigenvalue weighted by Crippen LogP contribution is 2.18. The zero-order valence-corrected chi connectivity index (χ0v) is 10.4. The molecule has 0 saturated carbocycles. The molecule has 1 amide bonds. The van der Waals surface area contributed by atoms with Gasteiger partial charge in [0.05, 0.1) is 11.9 Å². The number of carbonyl (C=O) groups excluding carboxylic acids is 1. The van der Waals surface area contributed by atoms with Crippen molar-refractivity contribution in [3.05, 3.63) is 41.7 Å². The molecular weight excluding hydrogens is 230 g/mol. The lowest BCUT2D eigenvalue weighted by Gasteiger charge is -2.09. The lowest BCUT2D eigenvalue weighted by Crippen LogP contribution is -2.20. The van der Waals surface area contributed by atoms with E-state index >= 15 is 0 Å². The third kappa shape index (κ3) is 3.10. The molecule has 5 nitrogen and oxygen atoms in total. The Balaban J connectivity index is 1.89. The number of benzene rings is 1. The van der Waals surface area contributed by atoms with Crippen LogP contribution in [0.2, 0.25) is 0 Å². The average molecular weight is 245 g/mol. The minimum Gasteiger partial charge on any atom is -0.483 e. The van der Waals surface area contributed by atoms with E-state index in [-0.39, 0.29) is 12.5 Å². The second-order valence-electron chi connectivity index (χ2n) is 4.09. The van der Waals surface area contributed by atoms with Gasteiger partial charge in [-0.25, -0.2) is 0 Å². The SMILES string of the molecule is Cc1ccc(OCC(=O)Nc2cn[nH]c2)c(C)c1. The molecule has 0 unspecified atom stereocenters. The van der Waals surface area contributed by atoms with Crippen molar-refractivity contribution in [3.8, 4) is 5.75 Å². The summed E-state index contributed by atoms with van der Waals surface area (Å²) < 4.78 is 5.46. The van der Waals surface area contributed by atoms with Crippen molar-refractivity contribution in [1.29, 1.82) is 0 Å². The summed E-state index contributed by atoms with van der Waals surface area (Å²) in [5.41, 5.74) is 2.82. The van der Waals surface area contributed by atoms with E-state index in [0.29, 0.717) is 5.69 Å². The van der Waals surface area contributed by atoms with Crippen molar-refractivity contribution in [1.82, 2.24) is 10.2 Å². The smallest absolute Gasteiger partial charge is 0.262 e. The molecule has 0 aliphatic carbocycles. The van der Waals surface area contributed by atoms with E-state index < -0.39 is 0 Å². The number of nitrogens with one attached hydrogen (secondary N) is 2. The fraction of sp³-hybridized carbons (Fsp3) is 0.231. The van der Waals surface area contributed by atoms with Crippen LogP contribution < -0.4 is 10.1 Å². The molecule has 0 spiro atoms. The summed E-state index contributed by atoms with van der Waals surface area (Å²) in [4.78, 5) is 11.6. The zero-order valence-electron chi connectivity index (χ0n) is 10.4. The van der Waals surface area contributed by atoms with E-state index in [4.69, 9.17) is 4.74 Å². The molecular formula is C13H15N3O2. The van der Waals surface area contributed by atoms with Gasteiger partial charge in [-0.1, -0.05) is 17.7 Å². The Morgan fingerprint density at radius 2 is 2.28 bits per heavy atom. The van der Waals surface area contributed by atoms with Gasteiger partial charge in [-0.3, -0.25) is 9.89 Å². The maximum atomic E-state index is 11.6. The normalized spacial score (nSPS) is 10.1. The molecule has 0 radical (unpaired) electrons. The second kappa shape index (κ2) is 5.35. The lowest BCUT2D eigenvalue weighted by atomic mass is 10.1. The number of nitrogens with zero attached hydrogens (tertiary/aromatic N) is 1. The van der Waals surface area contributed by atoms with E-state index in [1.54, 1.807) is 6.20 Å². The van der Waals surface area contributed by atoms with Crippen LogP contribution in [0.5, 0.6) is 5.75 Å². The van der Waals surface area contributed by atoms with Crippen molar-refractivity contribution >= 4 is 11.6 Å². The molecule has 18 heavy (non-hydrogen) atoms. The standard InChI is InChI=1S/C13H15N3O2/c1-9-3-4-12(10(2)5-9)18-8-13(17)16-11-6-14-15-7-11/h3-7H,8H2,1-2H3,(H,14,15)(H,16,17). The van der Waals surface area contributed by atoms with Crippen molar-refractivity contribution in [2.24, 2.45) is 0 Å². The summed E-state index contributed by atoms with van der Waals surface area (Å²) in [6.07, 6.45) is 3.14. The number of ether oxygens (including phenoxy) is 1. The molecule has 5 heteroatoms. The first kappa shape index (κ1) is 12.2. The van der Waals surface area contributed by atoms with E-state index in [2.05, 4.69) is 15.5 Å². The summed E-state index contributed by atoms with van der Waals surface area (Å²) in [7, 11) is 0. The summed E-state index contributed by atoms with van der Waals surface area (Å²) in [6.45, 7) is 3.95. The van der Waals surface area contributed by atoms with Crippen LogP contribution in [0.3, 0.4) is 0 Å². The van der Waals surface area contributed by atoms with Crippen LogP contribution in [0, 0.1) is 13.8 Å². The van der Waals surface area contributed by atoms with Crippen molar-refractivity contribution in [3.63, 3.8) is 0 Å². The minimum atomic E-state index is -0.212. The quantitative estimate of drug-likeness (QED) is 0.866. The van der Waals surface area contributed by atoms with Gasteiger partial charge in [0, 0.05) is 6.20 Å². The Kier molecular flexibility index (Phi) is 3.62. The van der Waals surface area contributed by atoms with Gasteiger partial charge < -0.3 is 10.1 Å². The summed E-state index contributed by atoms with van der Waals surface area (Å²) in [5, 5.41) is 9.02. The average Bonchev–Trinajstić information content (AvgIpc) is 2.80.